The van der Waals surface area contributed by atoms with Crippen LogP contribution in [0.15, 0.2) is 0 Å². The van der Waals surface area contributed by atoms with E-state index < -0.39 is 24.6 Å². The summed E-state index contributed by atoms with van der Waals surface area (Å²) in [4.78, 5) is 23.5. The number of rotatable bonds is 18. The van der Waals surface area contributed by atoms with Crippen molar-refractivity contribution in [3.8, 4) is 0 Å². The number of carbonyl (C=O) groups is 2. The maximum Gasteiger partial charge on any atom is 0.457 e. The molecule has 0 N–H and O–H groups in total. The van der Waals surface area contributed by atoms with Crippen molar-refractivity contribution in [1.82, 2.24) is 0 Å². The number of hydrogen-bond donors (Lipinski definition) is 0. The fraction of sp³-hybridized carbons (Fsp3) is 0.920. The summed E-state index contributed by atoms with van der Waals surface area (Å²) >= 11 is 0. The van der Waals surface area contributed by atoms with E-state index in [2.05, 4.69) is 6.92 Å². The van der Waals surface area contributed by atoms with Crippen LogP contribution in [0.25, 0.3) is 0 Å². The van der Waals surface area contributed by atoms with Crippen LogP contribution < -0.4 is 0 Å². The molecule has 4 unspecified atom stereocenters. The van der Waals surface area contributed by atoms with Crippen LogP contribution in [0, 0.1) is 0 Å². The number of fused-ring (bicyclic) bond motifs is 1. The van der Waals surface area contributed by atoms with Gasteiger partial charge in [-0.25, -0.2) is 0 Å². The van der Waals surface area contributed by atoms with E-state index in [0.29, 0.717) is 12.7 Å². The predicted octanol–water partition coefficient (Wildman–Crippen LogP) is 5.59. The summed E-state index contributed by atoms with van der Waals surface area (Å²) in [7, 11) is -0.356. The summed E-state index contributed by atoms with van der Waals surface area (Å²) < 4.78 is 28.1. The molecule has 2 heterocycles. The molecule has 0 saturated carbocycles. The third-order valence-corrected chi connectivity index (χ3v) is 6.40. The lowest BCUT2D eigenvalue weighted by molar-refractivity contribution is -0.191. The molecule has 2 fully saturated rings. The monoisotopic (exact) mass is 468 g/mol. The zero-order valence-electron chi connectivity index (χ0n) is 21.1. The Morgan fingerprint density at radius 3 is 1.88 bits per heavy atom. The van der Waals surface area contributed by atoms with Gasteiger partial charge in [-0.2, -0.15) is 0 Å². The topological polar surface area (TPSA) is 80.3 Å². The summed E-state index contributed by atoms with van der Waals surface area (Å²) in [5.74, 6) is -0.664. The van der Waals surface area contributed by atoms with Crippen LogP contribution in [0.5, 0.6) is 0 Å². The Balaban J connectivity index is 1.53. The molecule has 0 amide bonds. The Kier molecular flexibility index (Phi) is 14.1. The van der Waals surface area contributed by atoms with Gasteiger partial charge in [0.25, 0.3) is 0 Å². The predicted molar refractivity (Wildman–Crippen MR) is 128 cm³/mol. The standard InChI is InChI=1S/C25H45BO7/c1-4-6-7-8-9-10-11-12-13-14-15-16-17-18-22(28)31-25-24-23(32-26(5-2)33-24)21(30-25)19-29-20(3)27/h21,23-25H,4-19H2,1-3H3. The second-order valence-corrected chi connectivity index (χ2v) is 9.37. The third-order valence-electron chi connectivity index (χ3n) is 6.40. The minimum atomic E-state index is -0.818. The number of ether oxygens (including phenoxy) is 3. The summed E-state index contributed by atoms with van der Waals surface area (Å²) in [5, 5.41) is 0. The zero-order valence-corrected chi connectivity index (χ0v) is 21.1. The average Bonchev–Trinajstić information content (AvgIpc) is 3.35. The highest BCUT2D eigenvalue weighted by Gasteiger charge is 2.55. The normalized spacial score (nSPS) is 24.2. The van der Waals surface area contributed by atoms with Crippen LogP contribution in [-0.4, -0.2) is 50.3 Å². The highest BCUT2D eigenvalue weighted by molar-refractivity contribution is 6.45. The first-order valence-electron chi connectivity index (χ1n) is 13.3. The highest BCUT2D eigenvalue weighted by atomic mass is 16.8. The van der Waals surface area contributed by atoms with Crippen LogP contribution >= 0.6 is 0 Å². The summed E-state index contributed by atoms with van der Waals surface area (Å²) in [6.07, 6.45) is 15.3. The summed E-state index contributed by atoms with van der Waals surface area (Å²) in [6, 6.07) is 0. The Labute approximate surface area is 200 Å². The summed E-state index contributed by atoms with van der Waals surface area (Å²) in [6.45, 7) is 5.63. The van der Waals surface area contributed by atoms with Crippen LogP contribution in [0.3, 0.4) is 0 Å². The largest absolute Gasteiger partial charge is 0.463 e. The molecule has 0 aromatic rings. The van der Waals surface area contributed by atoms with Gasteiger partial charge in [0.2, 0.25) is 6.29 Å². The maximum atomic E-state index is 12.3. The molecule has 4 atom stereocenters. The first-order valence-corrected chi connectivity index (χ1v) is 13.3. The van der Waals surface area contributed by atoms with Crippen molar-refractivity contribution >= 4 is 19.1 Å². The maximum absolute atomic E-state index is 12.3. The van der Waals surface area contributed by atoms with Gasteiger partial charge in [0.05, 0.1) is 0 Å². The van der Waals surface area contributed by atoms with Crippen molar-refractivity contribution in [3.05, 3.63) is 0 Å². The van der Waals surface area contributed by atoms with E-state index in [1.165, 1.54) is 71.1 Å². The molecule has 2 saturated heterocycles. The van der Waals surface area contributed by atoms with Crippen molar-refractivity contribution in [3.63, 3.8) is 0 Å². The second-order valence-electron chi connectivity index (χ2n) is 9.37. The average molecular weight is 468 g/mol. The van der Waals surface area contributed by atoms with E-state index in [0.717, 1.165) is 19.3 Å². The highest BCUT2D eigenvalue weighted by Crippen LogP contribution is 2.34. The molecule has 0 aromatic heterocycles. The lowest BCUT2D eigenvalue weighted by Crippen LogP contribution is -2.33. The Morgan fingerprint density at radius 1 is 0.788 bits per heavy atom. The molecular weight excluding hydrogens is 423 g/mol. The zero-order chi connectivity index (χ0) is 23.9. The van der Waals surface area contributed by atoms with Crippen molar-refractivity contribution < 1.29 is 33.1 Å². The SMILES string of the molecule is CCCCCCCCCCCCCCCC(=O)OC1OC(COC(C)=O)C2OB(CC)OC12. The Morgan fingerprint density at radius 2 is 1.33 bits per heavy atom. The van der Waals surface area contributed by atoms with E-state index in [1.54, 1.807) is 0 Å². The smallest absolute Gasteiger partial charge is 0.457 e. The van der Waals surface area contributed by atoms with Crippen molar-refractivity contribution in [2.24, 2.45) is 0 Å². The molecule has 2 rings (SSSR count). The Hall–Kier alpha value is -1.12. The van der Waals surface area contributed by atoms with Gasteiger partial charge in [-0.1, -0.05) is 90.9 Å². The molecule has 2 aliphatic heterocycles. The van der Waals surface area contributed by atoms with Gasteiger partial charge in [0.15, 0.2) is 0 Å². The molecule has 190 valence electrons. The number of unbranched alkanes of at least 4 members (excludes halogenated alkanes) is 12. The van der Waals surface area contributed by atoms with Gasteiger partial charge in [-0.3, -0.25) is 9.59 Å². The van der Waals surface area contributed by atoms with E-state index in [1.807, 2.05) is 6.92 Å². The quantitative estimate of drug-likeness (QED) is 0.147. The molecule has 0 aromatic carbocycles. The summed E-state index contributed by atoms with van der Waals surface area (Å²) in [5.41, 5.74) is 0. The molecule has 0 radical (unpaired) electrons. The van der Waals surface area contributed by atoms with Gasteiger partial charge < -0.3 is 23.5 Å². The third kappa shape index (κ3) is 10.8. The minimum absolute atomic E-state index is 0.0587. The van der Waals surface area contributed by atoms with Crippen LogP contribution in [0.4, 0.5) is 0 Å². The molecular formula is C25H45BO7. The molecule has 8 heteroatoms. The lowest BCUT2D eigenvalue weighted by atomic mass is 9.87. The van der Waals surface area contributed by atoms with Gasteiger partial charge >= 0.3 is 19.1 Å². The van der Waals surface area contributed by atoms with E-state index in [4.69, 9.17) is 23.5 Å². The van der Waals surface area contributed by atoms with E-state index in [9.17, 15) is 9.59 Å². The van der Waals surface area contributed by atoms with Gasteiger partial charge in [0, 0.05) is 13.3 Å². The van der Waals surface area contributed by atoms with Gasteiger partial charge in [-0.05, 0) is 12.7 Å². The molecule has 33 heavy (non-hydrogen) atoms. The second kappa shape index (κ2) is 16.5. The van der Waals surface area contributed by atoms with Crippen molar-refractivity contribution in [2.75, 3.05) is 6.61 Å². The van der Waals surface area contributed by atoms with Gasteiger partial charge in [-0.15, -0.1) is 0 Å². The first kappa shape index (κ1) is 28.1. The molecule has 0 bridgehead atoms. The number of carbonyl (C=O) groups excluding carboxylic acids is 2. The Bertz CT molecular complexity index is 559. The van der Waals surface area contributed by atoms with Crippen molar-refractivity contribution in [1.29, 1.82) is 0 Å². The number of esters is 2. The van der Waals surface area contributed by atoms with Gasteiger partial charge in [0.1, 0.15) is 24.9 Å². The van der Waals surface area contributed by atoms with E-state index in [-0.39, 0.29) is 25.7 Å². The van der Waals surface area contributed by atoms with Crippen LogP contribution in [0.1, 0.15) is 111 Å². The fourth-order valence-electron chi connectivity index (χ4n) is 4.48. The minimum Gasteiger partial charge on any atom is -0.463 e. The molecule has 2 aliphatic rings. The van der Waals surface area contributed by atoms with E-state index >= 15 is 0 Å². The van der Waals surface area contributed by atoms with Crippen molar-refractivity contribution in [2.45, 2.75) is 142 Å². The molecule has 7 nitrogen and oxygen atoms in total. The fourth-order valence-corrected chi connectivity index (χ4v) is 4.48. The molecule has 0 aliphatic carbocycles. The van der Waals surface area contributed by atoms with Crippen LogP contribution in [-0.2, 0) is 33.1 Å². The first-order chi connectivity index (χ1) is 16.0. The van der Waals surface area contributed by atoms with Crippen LogP contribution in [0.2, 0.25) is 6.32 Å². The number of hydrogen-bond acceptors (Lipinski definition) is 7. The molecule has 0 spiro atoms. The lowest BCUT2D eigenvalue weighted by Gasteiger charge is -2.18.